The van der Waals surface area contributed by atoms with Crippen molar-refractivity contribution in [2.24, 2.45) is 5.92 Å². The summed E-state index contributed by atoms with van der Waals surface area (Å²) in [4.78, 5) is 23.7. The second-order valence-electron chi connectivity index (χ2n) is 10.2. The van der Waals surface area contributed by atoms with E-state index < -0.39 is 24.5 Å². The first-order valence-corrected chi connectivity index (χ1v) is 14.6. The Balaban J connectivity index is 2.18. The van der Waals surface area contributed by atoms with Crippen LogP contribution < -0.4 is 9.47 Å². The van der Waals surface area contributed by atoms with E-state index in [9.17, 15) is 9.59 Å². The number of benzene rings is 2. The number of aryl methyl sites for hydroxylation is 2. The number of carbonyl (C=O) groups excluding carboxylic acids is 2. The lowest BCUT2D eigenvalue weighted by molar-refractivity contribution is -0.155. The topological polar surface area (TPSA) is 112 Å². The number of aliphatic hydroxyl groups is 2. The highest BCUT2D eigenvalue weighted by Gasteiger charge is 2.15. The molecular formula is C33H46O8. The lowest BCUT2D eigenvalue weighted by Crippen LogP contribution is -2.20. The van der Waals surface area contributed by atoms with Crippen molar-refractivity contribution < 1.29 is 38.7 Å². The lowest BCUT2D eigenvalue weighted by atomic mass is 9.94. The van der Waals surface area contributed by atoms with E-state index in [1.54, 1.807) is 13.0 Å². The van der Waals surface area contributed by atoms with Crippen molar-refractivity contribution in [3.63, 3.8) is 0 Å². The van der Waals surface area contributed by atoms with Gasteiger partial charge in [0.15, 0.2) is 0 Å². The molecule has 0 heterocycles. The smallest absolute Gasteiger partial charge is 0.338 e. The molecule has 2 rings (SSSR count). The average Bonchev–Trinajstić information content (AvgIpc) is 2.99. The SMILES string of the molecule is C=C(CO)C(=O)OCOc1cc(OCOC(=O)C(C)CO)cc(-c2ccc(CCCCCCCCC)cc2CC)c1. The van der Waals surface area contributed by atoms with Gasteiger partial charge in [0.25, 0.3) is 0 Å². The first-order chi connectivity index (χ1) is 19.8. The maximum Gasteiger partial charge on any atom is 0.338 e. The van der Waals surface area contributed by atoms with E-state index in [2.05, 4.69) is 38.6 Å². The Morgan fingerprint density at radius 2 is 1.49 bits per heavy atom. The molecule has 2 N–H and O–H groups in total. The molecule has 0 radical (unpaired) electrons. The van der Waals surface area contributed by atoms with E-state index >= 15 is 0 Å². The minimum absolute atomic E-state index is 0.0746. The Hall–Kier alpha value is -3.36. The van der Waals surface area contributed by atoms with Gasteiger partial charge in [-0.15, -0.1) is 0 Å². The molecule has 2 aromatic rings. The zero-order valence-corrected chi connectivity index (χ0v) is 24.8. The lowest BCUT2D eigenvalue weighted by Gasteiger charge is -2.16. The summed E-state index contributed by atoms with van der Waals surface area (Å²) >= 11 is 0. The van der Waals surface area contributed by atoms with E-state index in [0.29, 0.717) is 11.5 Å². The summed E-state index contributed by atoms with van der Waals surface area (Å²) in [5.74, 6) is -1.21. The van der Waals surface area contributed by atoms with Crippen LogP contribution in [0.15, 0.2) is 48.6 Å². The maximum absolute atomic E-state index is 11.9. The summed E-state index contributed by atoms with van der Waals surface area (Å²) in [7, 11) is 0. The Morgan fingerprint density at radius 3 is 2.10 bits per heavy atom. The molecule has 2 aromatic carbocycles. The Labute approximate surface area is 244 Å². The molecule has 0 aliphatic rings. The highest BCUT2D eigenvalue weighted by atomic mass is 16.7. The number of hydrogen-bond donors (Lipinski definition) is 2. The van der Waals surface area contributed by atoms with Crippen LogP contribution in [0.2, 0.25) is 0 Å². The van der Waals surface area contributed by atoms with E-state index in [1.165, 1.54) is 56.1 Å². The van der Waals surface area contributed by atoms with E-state index in [4.69, 9.17) is 29.2 Å². The summed E-state index contributed by atoms with van der Waals surface area (Å²) in [6.45, 7) is 7.80. The predicted molar refractivity (Wildman–Crippen MR) is 159 cm³/mol. The normalized spacial score (nSPS) is 11.5. The zero-order valence-electron chi connectivity index (χ0n) is 24.8. The van der Waals surface area contributed by atoms with E-state index in [0.717, 1.165) is 24.0 Å². The molecule has 0 aliphatic carbocycles. The minimum Gasteiger partial charge on any atom is -0.457 e. The van der Waals surface area contributed by atoms with Crippen molar-refractivity contribution in [1.29, 1.82) is 0 Å². The largest absolute Gasteiger partial charge is 0.457 e. The molecule has 0 aromatic heterocycles. The highest BCUT2D eigenvalue weighted by molar-refractivity contribution is 5.87. The predicted octanol–water partition coefficient (Wildman–Crippen LogP) is 6.15. The second kappa shape index (κ2) is 18.9. The zero-order chi connectivity index (χ0) is 30.0. The molecular weight excluding hydrogens is 524 g/mol. The van der Waals surface area contributed by atoms with Gasteiger partial charge in [0.05, 0.1) is 24.7 Å². The fourth-order valence-electron chi connectivity index (χ4n) is 4.25. The molecule has 0 bridgehead atoms. The number of rotatable bonds is 20. The van der Waals surface area contributed by atoms with Crippen molar-refractivity contribution in [2.75, 3.05) is 26.8 Å². The fraction of sp³-hybridized carbons (Fsp3) is 0.515. The molecule has 1 atom stereocenters. The van der Waals surface area contributed by atoms with E-state index in [1.807, 2.05) is 12.1 Å². The quantitative estimate of drug-likeness (QED) is 0.0845. The summed E-state index contributed by atoms with van der Waals surface area (Å²) in [5.41, 5.74) is 4.27. The molecule has 0 aliphatic heterocycles. The molecule has 0 fully saturated rings. The molecule has 41 heavy (non-hydrogen) atoms. The van der Waals surface area contributed by atoms with Crippen LogP contribution in [0.3, 0.4) is 0 Å². The van der Waals surface area contributed by atoms with Crippen molar-refractivity contribution in [2.45, 2.75) is 78.6 Å². The third-order valence-electron chi connectivity index (χ3n) is 6.81. The van der Waals surface area contributed by atoms with Crippen molar-refractivity contribution in [3.05, 3.63) is 59.7 Å². The number of esters is 2. The van der Waals surface area contributed by atoms with Crippen LogP contribution in [0.4, 0.5) is 0 Å². The number of hydrogen-bond acceptors (Lipinski definition) is 8. The highest BCUT2D eigenvalue weighted by Crippen LogP contribution is 2.33. The van der Waals surface area contributed by atoms with Gasteiger partial charge >= 0.3 is 11.9 Å². The number of unbranched alkanes of at least 4 members (excludes halogenated alkanes) is 6. The number of carbonyl (C=O) groups is 2. The monoisotopic (exact) mass is 570 g/mol. The first-order valence-electron chi connectivity index (χ1n) is 14.6. The standard InChI is InChI=1S/C33H46O8/c1-5-7-8-9-10-11-12-13-26-14-15-31(27(6-2)16-26)28-17-29(38-22-40-32(36)24(3)20-34)19-30(18-28)39-23-41-33(37)25(4)21-35/h14-19,25,34-35H,3,5-13,20-23H2,1-2,4H3. The summed E-state index contributed by atoms with van der Waals surface area (Å²) in [5, 5.41) is 18.2. The van der Waals surface area contributed by atoms with Gasteiger partial charge in [-0.3, -0.25) is 4.79 Å². The third kappa shape index (κ3) is 12.0. The van der Waals surface area contributed by atoms with Crippen LogP contribution in [0.5, 0.6) is 11.5 Å². The molecule has 8 heteroatoms. The van der Waals surface area contributed by atoms with Gasteiger partial charge < -0.3 is 29.2 Å². The Kier molecular flexibility index (Phi) is 15.6. The van der Waals surface area contributed by atoms with Gasteiger partial charge in [-0.05, 0) is 60.6 Å². The first kappa shape index (κ1) is 33.8. The molecule has 8 nitrogen and oxygen atoms in total. The summed E-state index contributed by atoms with van der Waals surface area (Å²) in [6.07, 6.45) is 10.8. The van der Waals surface area contributed by atoms with Gasteiger partial charge in [-0.25, -0.2) is 4.79 Å². The summed E-state index contributed by atoms with van der Waals surface area (Å²) < 4.78 is 21.5. The number of aliphatic hydroxyl groups excluding tert-OH is 2. The van der Waals surface area contributed by atoms with Gasteiger partial charge in [0.1, 0.15) is 11.5 Å². The van der Waals surface area contributed by atoms with Crippen molar-refractivity contribution >= 4 is 11.9 Å². The molecule has 226 valence electrons. The van der Waals surface area contributed by atoms with Crippen LogP contribution >= 0.6 is 0 Å². The van der Waals surface area contributed by atoms with Crippen LogP contribution in [-0.4, -0.2) is 49.0 Å². The summed E-state index contributed by atoms with van der Waals surface area (Å²) in [6, 6.07) is 11.8. The molecule has 0 spiro atoms. The van der Waals surface area contributed by atoms with Crippen molar-refractivity contribution in [3.8, 4) is 22.6 Å². The molecule has 0 saturated heterocycles. The average molecular weight is 571 g/mol. The Bertz CT molecular complexity index is 1110. The van der Waals surface area contributed by atoms with Gasteiger partial charge in [-0.1, -0.05) is 77.2 Å². The molecule has 0 saturated carbocycles. The van der Waals surface area contributed by atoms with Crippen LogP contribution in [0.1, 0.15) is 76.8 Å². The fourth-order valence-corrected chi connectivity index (χ4v) is 4.25. The van der Waals surface area contributed by atoms with E-state index in [-0.39, 0.29) is 25.8 Å². The van der Waals surface area contributed by atoms with Crippen LogP contribution in [-0.2, 0) is 31.9 Å². The molecule has 0 amide bonds. The molecule has 1 unspecified atom stereocenters. The third-order valence-corrected chi connectivity index (χ3v) is 6.81. The minimum atomic E-state index is -0.755. The maximum atomic E-state index is 11.9. The van der Waals surface area contributed by atoms with Gasteiger partial charge in [0, 0.05) is 6.07 Å². The van der Waals surface area contributed by atoms with Crippen LogP contribution in [0.25, 0.3) is 11.1 Å². The van der Waals surface area contributed by atoms with Gasteiger partial charge in [-0.2, -0.15) is 0 Å². The number of ether oxygens (including phenoxy) is 4. The van der Waals surface area contributed by atoms with Crippen molar-refractivity contribution in [1.82, 2.24) is 0 Å². The second-order valence-corrected chi connectivity index (χ2v) is 10.2. The van der Waals surface area contributed by atoms with Crippen LogP contribution in [0, 0.1) is 5.92 Å². The Morgan fingerprint density at radius 1 is 0.854 bits per heavy atom. The van der Waals surface area contributed by atoms with Gasteiger partial charge in [0.2, 0.25) is 13.6 Å².